The van der Waals surface area contributed by atoms with Gasteiger partial charge in [-0.15, -0.1) is 11.3 Å². The molecule has 1 aliphatic rings. The molecule has 10 heteroatoms. The summed E-state index contributed by atoms with van der Waals surface area (Å²) in [6.07, 6.45) is -5.28. The first-order chi connectivity index (χ1) is 12.7. The number of ether oxygens (including phenoxy) is 1. The number of methoxy groups -OCH3 is 1. The van der Waals surface area contributed by atoms with Crippen LogP contribution in [0.5, 0.6) is 5.75 Å². The second-order valence-electron chi connectivity index (χ2n) is 5.94. The highest BCUT2D eigenvalue weighted by Gasteiger charge is 2.66. The number of benzene rings is 1. The van der Waals surface area contributed by atoms with Crippen LogP contribution in [0.25, 0.3) is 0 Å². The zero-order valence-electron chi connectivity index (χ0n) is 13.9. The largest absolute Gasteiger partial charge is 0.497 e. The molecule has 6 nitrogen and oxygen atoms in total. The number of hydrogen-bond acceptors (Lipinski definition) is 5. The van der Waals surface area contributed by atoms with Crippen LogP contribution in [-0.2, 0) is 0 Å². The van der Waals surface area contributed by atoms with Gasteiger partial charge in [0.15, 0.2) is 5.78 Å². The summed E-state index contributed by atoms with van der Waals surface area (Å²) in [4.78, 5) is 24.8. The summed E-state index contributed by atoms with van der Waals surface area (Å²) in [6.45, 7) is 0. The van der Waals surface area contributed by atoms with Crippen molar-refractivity contribution in [2.45, 2.75) is 17.9 Å². The molecule has 2 heterocycles. The van der Waals surface area contributed by atoms with E-state index in [0.29, 0.717) is 5.75 Å². The van der Waals surface area contributed by atoms with Crippen LogP contribution in [0.4, 0.5) is 18.0 Å². The molecule has 27 heavy (non-hydrogen) atoms. The van der Waals surface area contributed by atoms with Crippen molar-refractivity contribution in [1.82, 2.24) is 10.6 Å². The fourth-order valence-electron chi connectivity index (χ4n) is 3.02. The minimum atomic E-state index is -5.28. The Hall–Kier alpha value is -2.59. The number of alkyl halides is 3. The van der Waals surface area contributed by atoms with Crippen LogP contribution in [0.1, 0.15) is 21.3 Å². The molecule has 0 aliphatic carbocycles. The number of hydrogen-bond donors (Lipinski definition) is 3. The molecule has 3 unspecified atom stereocenters. The van der Waals surface area contributed by atoms with Crippen LogP contribution in [0.3, 0.4) is 0 Å². The summed E-state index contributed by atoms with van der Waals surface area (Å²) < 4.78 is 46.2. The topological polar surface area (TPSA) is 87.7 Å². The fraction of sp³-hybridized carbons (Fsp3) is 0.294. The molecule has 3 rings (SSSR count). The quantitative estimate of drug-likeness (QED) is 0.689. The van der Waals surface area contributed by atoms with Crippen molar-refractivity contribution in [3.05, 3.63) is 52.2 Å². The number of aliphatic hydroxyl groups is 1. The smallest absolute Gasteiger partial charge is 0.437 e. The van der Waals surface area contributed by atoms with Crippen molar-refractivity contribution < 1.29 is 32.6 Å². The normalized spacial score (nSPS) is 25.4. The molecule has 0 bridgehead atoms. The lowest BCUT2D eigenvalue weighted by Gasteiger charge is -2.44. The lowest BCUT2D eigenvalue weighted by atomic mass is 9.78. The van der Waals surface area contributed by atoms with E-state index in [-0.39, 0.29) is 10.4 Å². The molecular formula is C17H15F3N2O4S. The Morgan fingerprint density at radius 3 is 2.63 bits per heavy atom. The van der Waals surface area contributed by atoms with Gasteiger partial charge >= 0.3 is 12.2 Å². The highest BCUT2D eigenvalue weighted by atomic mass is 32.1. The van der Waals surface area contributed by atoms with E-state index in [0.717, 1.165) is 11.3 Å². The standard InChI is InChI=1S/C17H15F3N2O4S/c1-26-10-5-2-4-9(8-10)13-12(14(23)11-6-3-7-27-11)16(25,17(18,19)20)22-15(24)21-13/h2-8,12-13,25H,1H3,(H2,21,22,24). The molecule has 0 saturated carbocycles. The van der Waals surface area contributed by atoms with Gasteiger partial charge < -0.3 is 20.5 Å². The Morgan fingerprint density at radius 1 is 1.30 bits per heavy atom. The van der Waals surface area contributed by atoms with Crippen LogP contribution in [0.2, 0.25) is 0 Å². The van der Waals surface area contributed by atoms with Gasteiger partial charge in [-0.25, -0.2) is 4.79 Å². The van der Waals surface area contributed by atoms with Gasteiger partial charge in [0, 0.05) is 0 Å². The van der Waals surface area contributed by atoms with Crippen molar-refractivity contribution in [3.63, 3.8) is 0 Å². The lowest BCUT2D eigenvalue weighted by Crippen LogP contribution is -2.72. The predicted octanol–water partition coefficient (Wildman–Crippen LogP) is 2.86. The monoisotopic (exact) mass is 400 g/mol. The predicted molar refractivity (Wildman–Crippen MR) is 90.5 cm³/mol. The van der Waals surface area contributed by atoms with E-state index in [1.54, 1.807) is 6.07 Å². The summed E-state index contributed by atoms with van der Waals surface area (Å²) in [6, 6.07) is 6.16. The Labute approximate surface area is 156 Å². The molecule has 144 valence electrons. The van der Waals surface area contributed by atoms with Gasteiger partial charge in [-0.05, 0) is 29.1 Å². The lowest BCUT2D eigenvalue weighted by molar-refractivity contribution is -0.287. The maximum Gasteiger partial charge on any atom is 0.437 e. The summed E-state index contributed by atoms with van der Waals surface area (Å²) in [5.74, 6) is -2.65. The third-order valence-corrected chi connectivity index (χ3v) is 5.19. The number of amides is 2. The van der Waals surface area contributed by atoms with E-state index in [1.165, 1.54) is 48.1 Å². The van der Waals surface area contributed by atoms with Gasteiger partial charge in [0.05, 0.1) is 18.0 Å². The molecule has 0 radical (unpaired) electrons. The third-order valence-electron chi connectivity index (χ3n) is 4.31. The zero-order valence-corrected chi connectivity index (χ0v) is 14.7. The molecule has 0 spiro atoms. The van der Waals surface area contributed by atoms with Crippen molar-refractivity contribution >= 4 is 23.2 Å². The summed E-state index contributed by atoms with van der Waals surface area (Å²) in [5, 5.41) is 15.8. The fourth-order valence-corrected chi connectivity index (χ4v) is 3.73. The molecule has 1 aromatic carbocycles. The van der Waals surface area contributed by atoms with E-state index in [1.807, 2.05) is 0 Å². The number of Topliss-reactive ketones (excluding diaryl/α,β-unsaturated/α-hetero) is 1. The molecular weight excluding hydrogens is 385 g/mol. The number of nitrogens with one attached hydrogen (secondary N) is 2. The van der Waals surface area contributed by atoms with Gasteiger partial charge in [-0.1, -0.05) is 18.2 Å². The first kappa shape index (κ1) is 19.2. The second-order valence-corrected chi connectivity index (χ2v) is 6.88. The zero-order chi connectivity index (χ0) is 19.8. The molecule has 3 atom stereocenters. The van der Waals surface area contributed by atoms with Gasteiger partial charge in [0.2, 0.25) is 5.72 Å². The molecule has 1 aromatic heterocycles. The number of carbonyl (C=O) groups is 2. The number of rotatable bonds is 4. The van der Waals surface area contributed by atoms with Gasteiger partial charge in [0.25, 0.3) is 0 Å². The number of ketones is 1. The van der Waals surface area contributed by atoms with Gasteiger partial charge in [-0.3, -0.25) is 4.79 Å². The highest BCUT2D eigenvalue weighted by molar-refractivity contribution is 7.12. The summed E-state index contributed by atoms with van der Waals surface area (Å²) >= 11 is 0.949. The first-order valence-electron chi connectivity index (χ1n) is 7.77. The maximum atomic E-state index is 13.7. The highest BCUT2D eigenvalue weighted by Crippen LogP contribution is 2.44. The molecule has 3 N–H and O–H groups in total. The van der Waals surface area contributed by atoms with Crippen LogP contribution in [0.15, 0.2) is 41.8 Å². The van der Waals surface area contributed by atoms with E-state index in [4.69, 9.17) is 4.74 Å². The van der Waals surface area contributed by atoms with E-state index in [2.05, 4.69) is 5.32 Å². The average molecular weight is 400 g/mol. The maximum absolute atomic E-state index is 13.7. The van der Waals surface area contributed by atoms with Crippen molar-refractivity contribution in [3.8, 4) is 5.75 Å². The van der Waals surface area contributed by atoms with Gasteiger partial charge in [0.1, 0.15) is 11.7 Å². The average Bonchev–Trinajstić information content (AvgIpc) is 3.14. The van der Waals surface area contributed by atoms with Crippen molar-refractivity contribution in [1.29, 1.82) is 0 Å². The molecule has 1 aliphatic heterocycles. The first-order valence-corrected chi connectivity index (χ1v) is 8.65. The second kappa shape index (κ2) is 6.86. The Morgan fingerprint density at radius 2 is 2.04 bits per heavy atom. The van der Waals surface area contributed by atoms with Crippen LogP contribution < -0.4 is 15.4 Å². The molecule has 2 aromatic rings. The molecule has 1 fully saturated rings. The van der Waals surface area contributed by atoms with E-state index in [9.17, 15) is 27.9 Å². The Balaban J connectivity index is 2.16. The number of thiophene rings is 1. The number of carbonyl (C=O) groups excluding carboxylic acids is 2. The molecule has 2 amide bonds. The third kappa shape index (κ3) is 3.37. The minimum absolute atomic E-state index is 0.0357. The van der Waals surface area contributed by atoms with Crippen LogP contribution >= 0.6 is 11.3 Å². The number of halogens is 3. The number of urea groups is 1. The van der Waals surface area contributed by atoms with Crippen LogP contribution in [0, 0.1) is 5.92 Å². The minimum Gasteiger partial charge on any atom is -0.497 e. The summed E-state index contributed by atoms with van der Waals surface area (Å²) in [7, 11) is 1.38. The van der Waals surface area contributed by atoms with Crippen LogP contribution in [-0.4, -0.2) is 35.9 Å². The van der Waals surface area contributed by atoms with Crippen molar-refractivity contribution in [2.75, 3.05) is 7.11 Å². The van der Waals surface area contributed by atoms with Gasteiger partial charge in [-0.2, -0.15) is 13.2 Å². The summed E-state index contributed by atoms with van der Waals surface area (Å²) in [5.41, 5.74) is -3.54. The Bertz CT molecular complexity index is 856. The van der Waals surface area contributed by atoms with E-state index >= 15 is 0 Å². The molecule has 1 saturated heterocycles. The van der Waals surface area contributed by atoms with E-state index < -0.39 is 35.7 Å². The Kier molecular flexibility index (Phi) is 4.87. The SMILES string of the molecule is COc1cccc(C2NC(=O)NC(O)(C(F)(F)F)C2C(=O)c2cccs2)c1. The van der Waals surface area contributed by atoms with Crippen molar-refractivity contribution in [2.24, 2.45) is 5.92 Å².